The number of amides is 1. The van der Waals surface area contributed by atoms with E-state index in [1.807, 2.05) is 0 Å². The standard InChI is InChI=1S/C13H20N2O4/c1-4-11(17)15(13(10-16)5-6-13)8-7-14(2)9-12(18)19-3/h4,10H,1,5-9H2,2-3H3. The van der Waals surface area contributed by atoms with Crippen molar-refractivity contribution in [1.29, 1.82) is 0 Å². The molecule has 0 unspecified atom stereocenters. The minimum absolute atomic E-state index is 0.153. The average Bonchev–Trinajstić information content (AvgIpc) is 3.19. The summed E-state index contributed by atoms with van der Waals surface area (Å²) >= 11 is 0. The van der Waals surface area contributed by atoms with Gasteiger partial charge < -0.3 is 14.4 Å². The van der Waals surface area contributed by atoms with Crippen molar-refractivity contribution in [2.24, 2.45) is 0 Å². The third kappa shape index (κ3) is 3.89. The number of ether oxygens (including phenoxy) is 1. The second-order valence-electron chi connectivity index (χ2n) is 4.73. The topological polar surface area (TPSA) is 66.9 Å². The minimum atomic E-state index is -0.655. The van der Waals surface area contributed by atoms with Gasteiger partial charge >= 0.3 is 5.97 Å². The number of nitrogens with zero attached hydrogens (tertiary/aromatic N) is 2. The van der Waals surface area contributed by atoms with Gasteiger partial charge in [-0.05, 0) is 26.0 Å². The summed E-state index contributed by atoms with van der Waals surface area (Å²) in [5, 5.41) is 0. The van der Waals surface area contributed by atoms with E-state index in [0.717, 1.165) is 6.29 Å². The van der Waals surface area contributed by atoms with Gasteiger partial charge in [-0.3, -0.25) is 14.5 Å². The lowest BCUT2D eigenvalue weighted by atomic mass is 10.2. The van der Waals surface area contributed by atoms with Crippen LogP contribution in [-0.4, -0.2) is 67.3 Å². The van der Waals surface area contributed by atoms with Crippen molar-refractivity contribution in [2.45, 2.75) is 18.4 Å². The molecule has 1 aliphatic rings. The molecule has 0 aliphatic heterocycles. The van der Waals surface area contributed by atoms with Crippen molar-refractivity contribution in [1.82, 2.24) is 9.80 Å². The zero-order valence-corrected chi connectivity index (χ0v) is 11.4. The zero-order chi connectivity index (χ0) is 14.5. The van der Waals surface area contributed by atoms with Crippen molar-refractivity contribution in [2.75, 3.05) is 33.8 Å². The first-order valence-electron chi connectivity index (χ1n) is 6.15. The number of hydrogen-bond donors (Lipinski definition) is 0. The van der Waals surface area contributed by atoms with Crippen LogP contribution in [0.15, 0.2) is 12.7 Å². The van der Waals surface area contributed by atoms with Gasteiger partial charge in [-0.25, -0.2) is 0 Å². The lowest BCUT2D eigenvalue weighted by Crippen LogP contribution is -2.46. The summed E-state index contributed by atoms with van der Waals surface area (Å²) in [6, 6.07) is 0. The molecule has 0 N–H and O–H groups in total. The number of likely N-dealkylation sites (N-methyl/N-ethyl adjacent to an activating group) is 1. The predicted octanol–water partition coefficient (Wildman–Crippen LogP) is -0.163. The van der Waals surface area contributed by atoms with Crippen LogP contribution >= 0.6 is 0 Å². The molecule has 0 aromatic carbocycles. The number of carbonyl (C=O) groups is 3. The molecule has 0 aromatic rings. The van der Waals surface area contributed by atoms with Crippen LogP contribution in [0.3, 0.4) is 0 Å². The van der Waals surface area contributed by atoms with E-state index in [0.29, 0.717) is 25.9 Å². The predicted molar refractivity (Wildman–Crippen MR) is 69.5 cm³/mol. The van der Waals surface area contributed by atoms with Crippen LogP contribution in [0, 0.1) is 0 Å². The van der Waals surface area contributed by atoms with Crippen molar-refractivity contribution >= 4 is 18.2 Å². The highest BCUT2D eigenvalue weighted by atomic mass is 16.5. The molecule has 0 spiro atoms. The van der Waals surface area contributed by atoms with E-state index in [-0.39, 0.29) is 18.4 Å². The summed E-state index contributed by atoms with van der Waals surface area (Å²) < 4.78 is 4.56. The van der Waals surface area contributed by atoms with E-state index in [9.17, 15) is 14.4 Å². The van der Waals surface area contributed by atoms with Gasteiger partial charge in [0.05, 0.1) is 19.2 Å². The number of rotatable bonds is 8. The van der Waals surface area contributed by atoms with Crippen LogP contribution in [0.2, 0.25) is 0 Å². The molecule has 1 rings (SSSR count). The summed E-state index contributed by atoms with van der Waals surface area (Å²) in [7, 11) is 3.09. The second-order valence-corrected chi connectivity index (χ2v) is 4.73. The molecule has 6 heteroatoms. The van der Waals surface area contributed by atoms with Crippen LogP contribution < -0.4 is 0 Å². The van der Waals surface area contributed by atoms with Crippen molar-refractivity contribution < 1.29 is 19.1 Å². The summed E-state index contributed by atoms with van der Waals surface area (Å²) in [4.78, 5) is 37.3. The molecule has 0 radical (unpaired) electrons. The van der Waals surface area contributed by atoms with E-state index >= 15 is 0 Å². The fraction of sp³-hybridized carbons (Fsp3) is 0.615. The van der Waals surface area contributed by atoms with Crippen molar-refractivity contribution in [3.63, 3.8) is 0 Å². The van der Waals surface area contributed by atoms with E-state index in [1.165, 1.54) is 18.1 Å². The Labute approximate surface area is 113 Å². The molecule has 6 nitrogen and oxygen atoms in total. The monoisotopic (exact) mass is 268 g/mol. The molecule has 0 heterocycles. The third-order valence-corrected chi connectivity index (χ3v) is 3.29. The Bertz CT molecular complexity index is 377. The molecule has 1 amide bonds. The molecule has 0 atom stereocenters. The van der Waals surface area contributed by atoms with Crippen LogP contribution in [0.5, 0.6) is 0 Å². The number of carbonyl (C=O) groups excluding carboxylic acids is 3. The molecular weight excluding hydrogens is 248 g/mol. The summed E-state index contributed by atoms with van der Waals surface area (Å²) in [6.07, 6.45) is 3.42. The molecule has 0 saturated heterocycles. The Morgan fingerprint density at radius 1 is 1.37 bits per heavy atom. The Hall–Kier alpha value is -1.69. The molecule has 1 saturated carbocycles. The number of methoxy groups -OCH3 is 1. The molecule has 1 fully saturated rings. The van der Waals surface area contributed by atoms with Crippen LogP contribution in [0.25, 0.3) is 0 Å². The highest BCUT2D eigenvalue weighted by molar-refractivity contribution is 5.91. The van der Waals surface area contributed by atoms with Gasteiger partial charge in [-0.15, -0.1) is 0 Å². The smallest absolute Gasteiger partial charge is 0.319 e. The van der Waals surface area contributed by atoms with Gasteiger partial charge in [0.1, 0.15) is 6.29 Å². The Morgan fingerprint density at radius 3 is 2.42 bits per heavy atom. The zero-order valence-electron chi connectivity index (χ0n) is 11.4. The SMILES string of the molecule is C=CC(=O)N(CCN(C)CC(=O)OC)C1(C=O)CC1. The average molecular weight is 268 g/mol. The van der Waals surface area contributed by atoms with Gasteiger partial charge in [0.15, 0.2) is 0 Å². The van der Waals surface area contributed by atoms with Crippen LogP contribution in [0.1, 0.15) is 12.8 Å². The maximum atomic E-state index is 11.8. The summed E-state index contributed by atoms with van der Waals surface area (Å²) in [5.41, 5.74) is -0.655. The third-order valence-electron chi connectivity index (χ3n) is 3.29. The second kappa shape index (κ2) is 6.47. The van der Waals surface area contributed by atoms with Gasteiger partial charge in [0.2, 0.25) is 5.91 Å². The number of aldehydes is 1. The Balaban J connectivity index is 2.55. The van der Waals surface area contributed by atoms with Gasteiger partial charge in [0, 0.05) is 13.1 Å². The first-order chi connectivity index (χ1) is 8.99. The van der Waals surface area contributed by atoms with E-state index in [4.69, 9.17) is 0 Å². The largest absolute Gasteiger partial charge is 0.468 e. The number of esters is 1. The quantitative estimate of drug-likeness (QED) is 0.347. The lowest BCUT2D eigenvalue weighted by molar-refractivity contribution is -0.141. The lowest BCUT2D eigenvalue weighted by Gasteiger charge is -2.29. The van der Waals surface area contributed by atoms with Crippen LogP contribution in [-0.2, 0) is 19.1 Å². The van der Waals surface area contributed by atoms with Crippen molar-refractivity contribution in [3.05, 3.63) is 12.7 Å². The molecule has 106 valence electrons. The molecule has 0 aromatic heterocycles. The Morgan fingerprint density at radius 2 is 2.00 bits per heavy atom. The molecule has 0 bridgehead atoms. The van der Waals surface area contributed by atoms with Crippen molar-refractivity contribution in [3.8, 4) is 0 Å². The minimum Gasteiger partial charge on any atom is -0.468 e. The van der Waals surface area contributed by atoms with Gasteiger partial charge in [0.25, 0.3) is 0 Å². The van der Waals surface area contributed by atoms with Crippen LogP contribution in [0.4, 0.5) is 0 Å². The molecule has 1 aliphatic carbocycles. The maximum absolute atomic E-state index is 11.8. The first kappa shape index (κ1) is 15.4. The maximum Gasteiger partial charge on any atom is 0.319 e. The highest BCUT2D eigenvalue weighted by Gasteiger charge is 2.49. The summed E-state index contributed by atoms with van der Waals surface area (Å²) in [5.74, 6) is -0.586. The first-order valence-corrected chi connectivity index (χ1v) is 6.15. The van der Waals surface area contributed by atoms with E-state index < -0.39 is 5.54 Å². The van der Waals surface area contributed by atoms with E-state index in [1.54, 1.807) is 11.9 Å². The molecule has 19 heavy (non-hydrogen) atoms. The van der Waals surface area contributed by atoms with Gasteiger partial charge in [-0.1, -0.05) is 6.58 Å². The Kier molecular flexibility index (Phi) is 5.23. The fourth-order valence-electron chi connectivity index (χ4n) is 1.88. The number of hydrogen-bond acceptors (Lipinski definition) is 5. The summed E-state index contributed by atoms with van der Waals surface area (Å²) in [6.45, 7) is 4.48. The van der Waals surface area contributed by atoms with Gasteiger partial charge in [-0.2, -0.15) is 0 Å². The van der Waals surface area contributed by atoms with E-state index in [2.05, 4.69) is 11.3 Å². The molecular formula is C13H20N2O4. The normalized spacial score (nSPS) is 15.7. The highest BCUT2D eigenvalue weighted by Crippen LogP contribution is 2.39. The fourth-order valence-corrected chi connectivity index (χ4v) is 1.88.